The molecule has 0 N–H and O–H groups in total. The van der Waals surface area contributed by atoms with Crippen molar-refractivity contribution in [2.45, 2.75) is 13.8 Å². The molecule has 4 nitrogen and oxygen atoms in total. The summed E-state index contributed by atoms with van der Waals surface area (Å²) < 4.78 is 18.3. The number of nitriles is 1. The molecule has 1 rings (SSSR count). The van der Waals surface area contributed by atoms with Crippen molar-refractivity contribution in [1.82, 2.24) is 4.90 Å². The van der Waals surface area contributed by atoms with E-state index in [0.29, 0.717) is 18.8 Å². The topological polar surface area (TPSA) is 53.3 Å². The molecule has 0 radical (unpaired) electrons. The summed E-state index contributed by atoms with van der Waals surface area (Å²) in [6.07, 6.45) is 0. The number of carbonyl (C=O) groups excluding carboxylic acids is 1. The molecule has 1 aromatic rings. The Kier molecular flexibility index (Phi) is 6.13. The van der Waals surface area contributed by atoms with Crippen LogP contribution in [-0.2, 0) is 0 Å². The first-order chi connectivity index (χ1) is 9.51. The van der Waals surface area contributed by atoms with Crippen LogP contribution in [0.15, 0.2) is 18.2 Å². The average molecular weight is 278 g/mol. The van der Waals surface area contributed by atoms with Crippen molar-refractivity contribution in [3.8, 4) is 11.8 Å². The van der Waals surface area contributed by atoms with Crippen LogP contribution in [0.4, 0.5) is 4.39 Å². The van der Waals surface area contributed by atoms with Crippen LogP contribution < -0.4 is 4.74 Å². The fourth-order valence-corrected chi connectivity index (χ4v) is 1.92. The first-order valence-electron chi connectivity index (χ1n) is 6.50. The number of ether oxygens (including phenoxy) is 1. The second kappa shape index (κ2) is 7.61. The number of ketones is 1. The first-order valence-corrected chi connectivity index (χ1v) is 6.50. The van der Waals surface area contributed by atoms with Gasteiger partial charge in [-0.15, -0.1) is 0 Å². The van der Waals surface area contributed by atoms with E-state index in [0.717, 1.165) is 0 Å². The van der Waals surface area contributed by atoms with E-state index in [2.05, 4.69) is 6.07 Å². The standard InChI is InChI=1S/C15H19FN2O2/c1-4-18(9-11(2)8-17)10-14(19)13-7-12(16)5-6-15(13)20-3/h5-7,11H,4,9-10H2,1-3H3. The van der Waals surface area contributed by atoms with Gasteiger partial charge >= 0.3 is 0 Å². The van der Waals surface area contributed by atoms with Gasteiger partial charge in [0.25, 0.3) is 0 Å². The van der Waals surface area contributed by atoms with Gasteiger partial charge in [0, 0.05) is 6.54 Å². The summed E-state index contributed by atoms with van der Waals surface area (Å²) >= 11 is 0. The van der Waals surface area contributed by atoms with Gasteiger partial charge in [0.15, 0.2) is 5.78 Å². The lowest BCUT2D eigenvalue weighted by Gasteiger charge is -2.21. The number of likely N-dealkylation sites (N-methyl/N-ethyl adjacent to an activating group) is 1. The minimum atomic E-state index is -0.470. The van der Waals surface area contributed by atoms with Gasteiger partial charge in [-0.1, -0.05) is 6.92 Å². The van der Waals surface area contributed by atoms with Gasteiger partial charge < -0.3 is 4.74 Å². The smallest absolute Gasteiger partial charge is 0.180 e. The molecule has 5 heteroatoms. The zero-order valence-corrected chi connectivity index (χ0v) is 12.0. The molecular weight excluding hydrogens is 259 g/mol. The third-order valence-electron chi connectivity index (χ3n) is 3.03. The van der Waals surface area contributed by atoms with E-state index in [-0.39, 0.29) is 23.8 Å². The highest BCUT2D eigenvalue weighted by atomic mass is 19.1. The Labute approximate surface area is 118 Å². The maximum Gasteiger partial charge on any atom is 0.180 e. The molecule has 0 saturated carbocycles. The molecular formula is C15H19FN2O2. The molecule has 0 fully saturated rings. The van der Waals surface area contributed by atoms with Gasteiger partial charge in [0.1, 0.15) is 11.6 Å². The van der Waals surface area contributed by atoms with Crippen LogP contribution in [0, 0.1) is 23.1 Å². The highest BCUT2D eigenvalue weighted by Crippen LogP contribution is 2.20. The van der Waals surface area contributed by atoms with Gasteiger partial charge in [-0.05, 0) is 31.7 Å². The van der Waals surface area contributed by atoms with E-state index in [1.807, 2.05) is 11.8 Å². The quantitative estimate of drug-likeness (QED) is 0.719. The lowest BCUT2D eigenvalue weighted by atomic mass is 10.1. The first kappa shape index (κ1) is 16.1. The lowest BCUT2D eigenvalue weighted by molar-refractivity contribution is 0.0925. The molecule has 0 aliphatic carbocycles. The van der Waals surface area contributed by atoms with Crippen molar-refractivity contribution in [1.29, 1.82) is 5.26 Å². The van der Waals surface area contributed by atoms with Crippen molar-refractivity contribution in [2.75, 3.05) is 26.7 Å². The molecule has 20 heavy (non-hydrogen) atoms. The molecule has 0 aliphatic rings. The van der Waals surface area contributed by atoms with Crippen LogP contribution in [0.2, 0.25) is 0 Å². The molecule has 0 amide bonds. The minimum absolute atomic E-state index is 0.141. The Morgan fingerprint density at radius 3 is 2.80 bits per heavy atom. The average Bonchev–Trinajstić information content (AvgIpc) is 2.45. The number of carbonyl (C=O) groups is 1. The van der Waals surface area contributed by atoms with Gasteiger partial charge in [0.05, 0.1) is 31.2 Å². The second-order valence-corrected chi connectivity index (χ2v) is 4.63. The largest absolute Gasteiger partial charge is 0.496 e. The molecule has 1 atom stereocenters. The molecule has 0 aliphatic heterocycles. The Balaban J connectivity index is 2.84. The maximum absolute atomic E-state index is 13.3. The number of halogens is 1. The summed E-state index contributed by atoms with van der Waals surface area (Å²) in [6, 6.07) is 6.02. The van der Waals surface area contributed by atoms with E-state index in [9.17, 15) is 9.18 Å². The predicted molar refractivity (Wildman–Crippen MR) is 74.2 cm³/mol. The maximum atomic E-state index is 13.3. The predicted octanol–water partition coefficient (Wildman–Crippen LogP) is 2.50. The fraction of sp³-hybridized carbons (Fsp3) is 0.467. The summed E-state index contributed by atoms with van der Waals surface area (Å²) in [5.41, 5.74) is 0.232. The van der Waals surface area contributed by atoms with Crippen LogP contribution >= 0.6 is 0 Å². The molecule has 0 aromatic heterocycles. The molecule has 1 aromatic carbocycles. The van der Waals surface area contributed by atoms with E-state index in [1.54, 1.807) is 6.92 Å². The summed E-state index contributed by atoms with van der Waals surface area (Å²) in [5.74, 6) is -0.478. The molecule has 108 valence electrons. The van der Waals surface area contributed by atoms with Crippen LogP contribution in [0.3, 0.4) is 0 Å². The third-order valence-corrected chi connectivity index (χ3v) is 3.03. The Bertz CT molecular complexity index is 511. The fourth-order valence-electron chi connectivity index (χ4n) is 1.92. The van der Waals surface area contributed by atoms with Crippen LogP contribution in [-0.4, -0.2) is 37.4 Å². The zero-order chi connectivity index (χ0) is 15.1. The monoisotopic (exact) mass is 278 g/mol. The molecule has 0 heterocycles. The Hall–Kier alpha value is -1.93. The van der Waals surface area contributed by atoms with Gasteiger partial charge in [-0.2, -0.15) is 5.26 Å². The summed E-state index contributed by atoms with van der Waals surface area (Å²) in [7, 11) is 1.44. The van der Waals surface area contributed by atoms with Crippen molar-refractivity contribution < 1.29 is 13.9 Å². The minimum Gasteiger partial charge on any atom is -0.496 e. The highest BCUT2D eigenvalue weighted by Gasteiger charge is 2.17. The number of benzene rings is 1. The SMILES string of the molecule is CCN(CC(=O)c1cc(F)ccc1OC)CC(C)C#N. The van der Waals surface area contributed by atoms with E-state index < -0.39 is 5.82 Å². The number of methoxy groups -OCH3 is 1. The van der Waals surface area contributed by atoms with Gasteiger partial charge in [-0.25, -0.2) is 4.39 Å². The summed E-state index contributed by atoms with van der Waals surface area (Å²) in [5, 5.41) is 8.82. The van der Waals surface area contributed by atoms with E-state index in [4.69, 9.17) is 10.00 Å². The number of rotatable bonds is 7. The molecule has 0 spiro atoms. The van der Waals surface area contributed by atoms with Crippen molar-refractivity contribution in [3.63, 3.8) is 0 Å². The van der Waals surface area contributed by atoms with Crippen LogP contribution in [0.25, 0.3) is 0 Å². The second-order valence-electron chi connectivity index (χ2n) is 4.63. The normalized spacial score (nSPS) is 12.0. The molecule has 1 unspecified atom stereocenters. The van der Waals surface area contributed by atoms with Crippen LogP contribution in [0.1, 0.15) is 24.2 Å². The van der Waals surface area contributed by atoms with E-state index in [1.165, 1.54) is 25.3 Å². The van der Waals surface area contributed by atoms with Crippen molar-refractivity contribution in [2.24, 2.45) is 5.92 Å². The van der Waals surface area contributed by atoms with E-state index >= 15 is 0 Å². The van der Waals surface area contributed by atoms with Crippen molar-refractivity contribution in [3.05, 3.63) is 29.6 Å². The lowest BCUT2D eigenvalue weighted by Crippen LogP contribution is -2.33. The van der Waals surface area contributed by atoms with Crippen LogP contribution in [0.5, 0.6) is 5.75 Å². The third kappa shape index (κ3) is 4.32. The summed E-state index contributed by atoms with van der Waals surface area (Å²) in [4.78, 5) is 14.1. The molecule has 0 saturated heterocycles. The number of nitrogens with zero attached hydrogens (tertiary/aromatic N) is 2. The highest BCUT2D eigenvalue weighted by molar-refractivity contribution is 6.00. The Morgan fingerprint density at radius 2 is 2.25 bits per heavy atom. The number of hydrogen-bond donors (Lipinski definition) is 0. The summed E-state index contributed by atoms with van der Waals surface area (Å²) in [6.45, 7) is 5.02. The Morgan fingerprint density at radius 1 is 1.55 bits per heavy atom. The molecule has 0 bridgehead atoms. The van der Waals surface area contributed by atoms with Gasteiger partial charge in [-0.3, -0.25) is 9.69 Å². The van der Waals surface area contributed by atoms with Crippen molar-refractivity contribution >= 4 is 5.78 Å². The van der Waals surface area contributed by atoms with Gasteiger partial charge in [0.2, 0.25) is 0 Å². The number of hydrogen-bond acceptors (Lipinski definition) is 4. The zero-order valence-electron chi connectivity index (χ0n) is 12.0. The number of Topliss-reactive ketones (excluding diaryl/α,β-unsaturated/α-hetero) is 1.